The molecule has 0 N–H and O–H groups in total. The lowest BCUT2D eigenvalue weighted by Gasteiger charge is -2.03. The fourth-order valence-corrected chi connectivity index (χ4v) is 0.840. The molecule has 2 nitrogen and oxygen atoms in total. The Labute approximate surface area is 70.0 Å². The minimum Gasteiger partial charge on any atom is -0.345 e. The van der Waals surface area contributed by atoms with Crippen molar-refractivity contribution in [1.82, 2.24) is 0 Å². The van der Waals surface area contributed by atoms with Gasteiger partial charge in [-0.25, -0.2) is 4.39 Å². The molecule has 0 radical (unpaired) electrons. The van der Waals surface area contributed by atoms with Crippen LogP contribution in [0.2, 0.25) is 0 Å². The number of hydrogen-bond donors (Lipinski definition) is 0. The molecule has 0 fully saturated rings. The second kappa shape index (κ2) is 3.97. The minimum absolute atomic E-state index is 0.326. The summed E-state index contributed by atoms with van der Waals surface area (Å²) in [5.41, 5.74) is 0.326. The number of ketones is 1. The zero-order valence-corrected chi connectivity index (χ0v) is 6.66. The average molecular weight is 167 g/mol. The van der Waals surface area contributed by atoms with E-state index in [4.69, 9.17) is 0 Å². The third-order valence-electron chi connectivity index (χ3n) is 1.47. The minimum atomic E-state index is -1.85. The lowest BCUT2D eigenvalue weighted by Crippen LogP contribution is -2.17. The van der Waals surface area contributed by atoms with Gasteiger partial charge in [-0.3, -0.25) is 4.79 Å². The summed E-state index contributed by atoms with van der Waals surface area (Å²) < 4.78 is 16.9. The van der Waals surface area contributed by atoms with Crippen LogP contribution in [-0.4, -0.2) is 19.3 Å². The Bertz CT molecular complexity index is 258. The number of carbonyl (C=O) groups is 1. The molecule has 1 aromatic carbocycles. The van der Waals surface area contributed by atoms with Gasteiger partial charge >= 0.3 is 0 Å². The van der Waals surface area contributed by atoms with Crippen molar-refractivity contribution >= 4 is 5.78 Å². The van der Waals surface area contributed by atoms with Crippen LogP contribution in [0.5, 0.6) is 0 Å². The van der Waals surface area contributed by atoms with Gasteiger partial charge in [0.05, 0.1) is 0 Å². The van der Waals surface area contributed by atoms with Crippen molar-refractivity contribution in [3.63, 3.8) is 0 Å². The molecule has 0 saturated carbocycles. The van der Waals surface area contributed by atoms with E-state index in [1.807, 2.05) is 0 Å². The van der Waals surface area contributed by atoms with Crippen LogP contribution in [0.25, 0.3) is 0 Å². The summed E-state index contributed by atoms with van der Waals surface area (Å²) in [6.45, 7) is 0. The molecule has 64 valence electrons. The number of halogens is 1. The number of alkyl halides is 1. The van der Waals surface area contributed by atoms with Gasteiger partial charge in [-0.05, 0) is 0 Å². The van der Waals surface area contributed by atoms with Crippen molar-refractivity contribution in [2.45, 2.75) is 6.36 Å². The van der Waals surface area contributed by atoms with Crippen LogP contribution in [0.15, 0.2) is 30.3 Å². The van der Waals surface area contributed by atoms with Gasteiger partial charge < -0.3 is 4.74 Å². The van der Waals surface area contributed by atoms with E-state index in [-0.39, 0.29) is 0 Å². The summed E-state index contributed by atoms with van der Waals surface area (Å²) in [5.74, 6) is -0.641. The maximum absolute atomic E-state index is 12.6. The molecule has 0 aliphatic carbocycles. The van der Waals surface area contributed by atoms with Gasteiger partial charge in [0.1, 0.15) is 0 Å². The fourth-order valence-electron chi connectivity index (χ4n) is 0.840. The zero-order chi connectivity index (χ0) is 8.97. The Kier molecular flexibility index (Phi) is 2.94. The van der Waals surface area contributed by atoms with E-state index < -0.39 is 12.1 Å². The Morgan fingerprint density at radius 2 is 2.00 bits per heavy atom. The molecule has 3 heteroatoms. The topological polar surface area (TPSA) is 26.3 Å². The largest absolute Gasteiger partial charge is 0.345 e. The van der Waals surface area contributed by atoms with E-state index in [0.29, 0.717) is 5.56 Å². The average Bonchev–Trinajstić information content (AvgIpc) is 2.17. The third kappa shape index (κ3) is 1.89. The standard InChI is InChI=1S/C9H9FO2/c1-12-9(10)8(11)7-5-3-2-4-6-7/h2-6,9H,1H3/i10-1. The van der Waals surface area contributed by atoms with Gasteiger partial charge in [0, 0.05) is 12.7 Å². The number of hydrogen-bond acceptors (Lipinski definition) is 2. The summed E-state index contributed by atoms with van der Waals surface area (Å²) in [5, 5.41) is 0. The first-order chi connectivity index (χ1) is 5.75. The van der Waals surface area contributed by atoms with Crippen molar-refractivity contribution in [3.8, 4) is 0 Å². The molecular formula is C9H9FO2. The van der Waals surface area contributed by atoms with E-state index in [0.717, 1.165) is 7.11 Å². The second-order valence-electron chi connectivity index (χ2n) is 2.28. The highest BCUT2D eigenvalue weighted by molar-refractivity contribution is 5.98. The second-order valence-corrected chi connectivity index (χ2v) is 2.28. The van der Waals surface area contributed by atoms with Crippen LogP contribution < -0.4 is 0 Å². The first-order valence-corrected chi connectivity index (χ1v) is 3.52. The van der Waals surface area contributed by atoms with Gasteiger partial charge in [0.2, 0.25) is 5.78 Å². The molecule has 1 unspecified atom stereocenters. The highest BCUT2D eigenvalue weighted by Gasteiger charge is 2.17. The lowest BCUT2D eigenvalue weighted by molar-refractivity contribution is 0.00543. The summed E-state index contributed by atoms with van der Waals surface area (Å²) in [7, 11) is 1.16. The number of methoxy groups -OCH3 is 1. The van der Waals surface area contributed by atoms with Crippen LogP contribution in [0, 0.1) is 0 Å². The van der Waals surface area contributed by atoms with Crippen molar-refractivity contribution < 1.29 is 13.9 Å². The number of benzene rings is 1. The van der Waals surface area contributed by atoms with E-state index >= 15 is 0 Å². The Hall–Kier alpha value is -1.22. The Morgan fingerprint density at radius 3 is 2.50 bits per heavy atom. The SMILES string of the molecule is COC([18F])C(=O)c1ccccc1. The van der Waals surface area contributed by atoms with Crippen molar-refractivity contribution in [3.05, 3.63) is 35.9 Å². The van der Waals surface area contributed by atoms with Gasteiger partial charge in [-0.1, -0.05) is 30.3 Å². The van der Waals surface area contributed by atoms with Crippen LogP contribution in [0.4, 0.5) is 4.39 Å². The molecule has 0 heterocycles. The van der Waals surface area contributed by atoms with E-state index in [1.165, 1.54) is 0 Å². The van der Waals surface area contributed by atoms with Crippen LogP contribution in [0.3, 0.4) is 0 Å². The van der Waals surface area contributed by atoms with E-state index in [9.17, 15) is 9.18 Å². The van der Waals surface area contributed by atoms with Crippen molar-refractivity contribution in [1.29, 1.82) is 0 Å². The quantitative estimate of drug-likeness (QED) is 0.642. The summed E-state index contributed by atoms with van der Waals surface area (Å²) in [4.78, 5) is 11.1. The molecular weight excluding hydrogens is 158 g/mol. The molecule has 0 aliphatic heterocycles. The zero-order valence-electron chi connectivity index (χ0n) is 6.66. The van der Waals surface area contributed by atoms with Crippen LogP contribution in [0.1, 0.15) is 10.4 Å². The number of rotatable bonds is 3. The fraction of sp³-hybridized carbons (Fsp3) is 0.222. The Morgan fingerprint density at radius 1 is 1.42 bits per heavy atom. The maximum Gasteiger partial charge on any atom is 0.262 e. The van der Waals surface area contributed by atoms with E-state index in [2.05, 4.69) is 4.74 Å². The predicted molar refractivity (Wildman–Crippen MR) is 42.7 cm³/mol. The van der Waals surface area contributed by atoms with Crippen molar-refractivity contribution in [2.75, 3.05) is 7.11 Å². The Balaban J connectivity index is 2.79. The molecule has 0 spiro atoms. The normalized spacial score (nSPS) is 12.5. The van der Waals surface area contributed by atoms with Gasteiger partial charge in [0.25, 0.3) is 6.36 Å². The smallest absolute Gasteiger partial charge is 0.262 e. The molecule has 1 aromatic rings. The summed E-state index contributed by atoms with van der Waals surface area (Å²) in [6.07, 6.45) is -1.85. The highest BCUT2D eigenvalue weighted by Crippen LogP contribution is 2.05. The monoisotopic (exact) mass is 167 g/mol. The van der Waals surface area contributed by atoms with E-state index in [1.54, 1.807) is 30.3 Å². The molecule has 12 heavy (non-hydrogen) atoms. The third-order valence-corrected chi connectivity index (χ3v) is 1.47. The van der Waals surface area contributed by atoms with Gasteiger partial charge in [-0.15, -0.1) is 0 Å². The molecule has 0 aliphatic rings. The summed E-state index contributed by atoms with van der Waals surface area (Å²) in [6, 6.07) is 8.21. The van der Waals surface area contributed by atoms with Crippen LogP contribution in [-0.2, 0) is 4.74 Å². The van der Waals surface area contributed by atoms with Gasteiger partial charge in [-0.2, -0.15) is 0 Å². The molecule has 0 saturated heterocycles. The predicted octanol–water partition coefficient (Wildman–Crippen LogP) is 1.81. The molecule has 0 bridgehead atoms. The van der Waals surface area contributed by atoms with Crippen molar-refractivity contribution in [2.24, 2.45) is 0 Å². The molecule has 1 rings (SSSR count). The maximum atomic E-state index is 12.6. The number of carbonyl (C=O) groups excluding carboxylic acids is 1. The first-order valence-electron chi connectivity index (χ1n) is 3.52. The molecule has 1 atom stereocenters. The first kappa shape index (κ1) is 8.87. The lowest BCUT2D eigenvalue weighted by atomic mass is 10.1. The molecule has 0 aromatic heterocycles. The highest BCUT2D eigenvalue weighted by atomic mass is 18.2. The van der Waals surface area contributed by atoms with Gasteiger partial charge in [0.15, 0.2) is 0 Å². The molecule has 0 amide bonds. The van der Waals surface area contributed by atoms with Crippen LogP contribution >= 0.6 is 0 Å². The summed E-state index contributed by atoms with van der Waals surface area (Å²) >= 11 is 0. The number of Topliss-reactive ketones (excluding diaryl/α,β-unsaturated/α-hetero) is 1. The number of ether oxygens (including phenoxy) is 1.